The predicted molar refractivity (Wildman–Crippen MR) is 77.1 cm³/mol. The normalized spacial score (nSPS) is 17.1. The van der Waals surface area contributed by atoms with Crippen LogP contribution in [-0.4, -0.2) is 51.0 Å². The second-order valence-corrected chi connectivity index (χ2v) is 4.91. The van der Waals surface area contributed by atoms with Gasteiger partial charge in [-0.2, -0.15) is 0 Å². The molecule has 1 heterocycles. The fourth-order valence-corrected chi connectivity index (χ4v) is 2.09. The number of aliphatic hydroxyl groups excluding tert-OH is 1. The van der Waals surface area contributed by atoms with Crippen LogP contribution in [0.4, 0.5) is 10.1 Å². The van der Waals surface area contributed by atoms with Crippen LogP contribution < -0.4 is 4.90 Å². The maximum atomic E-state index is 13.8. The molecule has 20 heavy (non-hydrogen) atoms. The average molecular weight is 283 g/mol. The smallest absolute Gasteiger partial charge is 0.150 e. The molecule has 1 N–H and O–H groups in total. The number of ether oxygens (including phenoxy) is 1. The third kappa shape index (κ3) is 4.58. The van der Waals surface area contributed by atoms with Gasteiger partial charge in [0, 0.05) is 51.4 Å². The Morgan fingerprint density at radius 2 is 1.80 bits per heavy atom. The van der Waals surface area contributed by atoms with Gasteiger partial charge in [0.05, 0.1) is 6.61 Å². The van der Waals surface area contributed by atoms with E-state index in [9.17, 15) is 9.18 Å². The van der Waals surface area contributed by atoms with Crippen molar-refractivity contribution in [1.29, 1.82) is 0 Å². The lowest BCUT2D eigenvalue weighted by Gasteiger charge is -2.36. The summed E-state index contributed by atoms with van der Waals surface area (Å²) in [5.41, 5.74) is 0.218. The Balaban J connectivity index is 0.000000612. The maximum Gasteiger partial charge on any atom is 0.150 e. The molecule has 5 heteroatoms. The van der Waals surface area contributed by atoms with Crippen LogP contribution in [-0.2, 0) is 4.74 Å². The van der Waals surface area contributed by atoms with Crippen LogP contribution in [0.25, 0.3) is 0 Å². The summed E-state index contributed by atoms with van der Waals surface area (Å²) in [6.07, 6.45) is 1.50. The first-order chi connectivity index (χ1) is 9.58. The lowest BCUT2D eigenvalue weighted by atomic mass is 9.94. The molecule has 1 aliphatic heterocycles. The molecule has 1 fully saturated rings. The predicted octanol–water partition coefficient (Wildman–Crippen LogP) is 2.06. The molecule has 1 aromatic rings. The Labute approximate surface area is 119 Å². The molecule has 0 atom stereocenters. The van der Waals surface area contributed by atoms with Crippen molar-refractivity contribution in [3.05, 3.63) is 29.8 Å². The zero-order chi connectivity index (χ0) is 15.0. The van der Waals surface area contributed by atoms with Crippen LogP contribution >= 0.6 is 0 Å². The first-order valence-corrected chi connectivity index (χ1v) is 6.58. The molecule has 112 valence electrons. The molecule has 0 bridgehead atoms. The van der Waals surface area contributed by atoms with Gasteiger partial charge in [0.2, 0.25) is 0 Å². The van der Waals surface area contributed by atoms with Crippen molar-refractivity contribution in [2.75, 3.05) is 38.8 Å². The van der Waals surface area contributed by atoms with E-state index in [4.69, 9.17) is 5.11 Å². The second-order valence-electron chi connectivity index (χ2n) is 4.91. The fraction of sp³-hybridized carbons (Fsp3) is 0.533. The highest BCUT2D eigenvalue weighted by Gasteiger charge is 2.33. The second kappa shape index (κ2) is 7.97. The zero-order valence-electron chi connectivity index (χ0n) is 12.0. The Bertz CT molecular complexity index is 400. The van der Waals surface area contributed by atoms with Gasteiger partial charge in [0.25, 0.3) is 0 Å². The minimum Gasteiger partial charge on any atom is -0.393 e. The van der Waals surface area contributed by atoms with Crippen molar-refractivity contribution in [1.82, 2.24) is 0 Å². The van der Waals surface area contributed by atoms with Gasteiger partial charge in [-0.15, -0.1) is 0 Å². The highest BCUT2D eigenvalue weighted by atomic mass is 19.1. The van der Waals surface area contributed by atoms with E-state index in [1.165, 1.54) is 0 Å². The van der Waals surface area contributed by atoms with Gasteiger partial charge in [-0.3, -0.25) is 4.79 Å². The van der Waals surface area contributed by atoms with Gasteiger partial charge in [-0.05, 0) is 24.3 Å². The van der Waals surface area contributed by atoms with Gasteiger partial charge < -0.3 is 14.7 Å². The number of benzene rings is 1. The van der Waals surface area contributed by atoms with Crippen LogP contribution in [0.5, 0.6) is 0 Å². The molecule has 0 radical (unpaired) electrons. The molecule has 0 aromatic heterocycles. The average Bonchev–Trinajstić information content (AvgIpc) is 2.49. The monoisotopic (exact) mass is 283 g/mol. The summed E-state index contributed by atoms with van der Waals surface area (Å²) in [5.74, 6) is 0. The van der Waals surface area contributed by atoms with E-state index in [0.29, 0.717) is 31.5 Å². The first kappa shape index (κ1) is 16.6. The molecule has 1 saturated heterocycles. The van der Waals surface area contributed by atoms with E-state index in [0.717, 1.165) is 12.0 Å². The summed E-state index contributed by atoms with van der Waals surface area (Å²) in [5, 5.41) is 8.94. The van der Waals surface area contributed by atoms with E-state index >= 15 is 0 Å². The summed E-state index contributed by atoms with van der Waals surface area (Å²) in [4.78, 5) is 12.6. The standard InChI is InChI=1S/C13H16FNO2.C2H6O/c14-13(10-17)5-7-15(8-6-13)12-3-1-11(9-16)2-4-12;1-3-2/h1-4,9,17H,5-8,10H2;1-2H3. The number of piperidine rings is 1. The number of alkyl halides is 1. The van der Waals surface area contributed by atoms with Crippen molar-refractivity contribution in [3.8, 4) is 0 Å². The SMILES string of the molecule is COC.O=Cc1ccc(N2CCC(F)(CO)CC2)cc1. The molecule has 0 spiro atoms. The quantitative estimate of drug-likeness (QED) is 0.863. The molecule has 2 rings (SSSR count). The van der Waals surface area contributed by atoms with Crippen molar-refractivity contribution in [2.45, 2.75) is 18.5 Å². The number of nitrogens with zero attached hydrogens (tertiary/aromatic N) is 1. The highest BCUT2D eigenvalue weighted by Crippen LogP contribution is 2.28. The number of hydrogen-bond donors (Lipinski definition) is 1. The van der Waals surface area contributed by atoms with E-state index in [-0.39, 0.29) is 0 Å². The molecule has 0 aliphatic carbocycles. The van der Waals surface area contributed by atoms with Crippen LogP contribution in [0, 0.1) is 0 Å². The molecule has 0 unspecified atom stereocenters. The minimum atomic E-state index is -1.42. The summed E-state index contributed by atoms with van der Waals surface area (Å²) in [7, 11) is 3.25. The van der Waals surface area contributed by atoms with Crippen LogP contribution in [0.15, 0.2) is 24.3 Å². The minimum absolute atomic E-state index is 0.346. The Morgan fingerprint density at radius 1 is 1.30 bits per heavy atom. The Hall–Kier alpha value is -1.46. The third-order valence-electron chi connectivity index (χ3n) is 3.34. The van der Waals surface area contributed by atoms with Gasteiger partial charge in [0.15, 0.2) is 0 Å². The number of halogens is 1. The number of carbonyl (C=O) groups excluding carboxylic acids is 1. The van der Waals surface area contributed by atoms with Crippen molar-refractivity contribution < 1.29 is 19.0 Å². The molecular formula is C15H22FNO3. The summed E-state index contributed by atoms with van der Waals surface area (Å²) >= 11 is 0. The molecule has 0 saturated carbocycles. The molecule has 1 aliphatic rings. The van der Waals surface area contributed by atoms with Crippen molar-refractivity contribution >= 4 is 12.0 Å². The van der Waals surface area contributed by atoms with Crippen molar-refractivity contribution in [2.24, 2.45) is 0 Å². The molecular weight excluding hydrogens is 261 g/mol. The summed E-state index contributed by atoms with van der Waals surface area (Å²) in [6, 6.07) is 7.25. The van der Waals surface area contributed by atoms with E-state index in [1.54, 1.807) is 26.4 Å². The van der Waals surface area contributed by atoms with Gasteiger partial charge in [0.1, 0.15) is 12.0 Å². The van der Waals surface area contributed by atoms with Crippen LogP contribution in [0.1, 0.15) is 23.2 Å². The van der Waals surface area contributed by atoms with Gasteiger partial charge >= 0.3 is 0 Å². The molecule has 1 aromatic carbocycles. The summed E-state index contributed by atoms with van der Waals surface area (Å²) < 4.78 is 18.0. The number of hydrogen-bond acceptors (Lipinski definition) is 4. The number of carbonyl (C=O) groups is 1. The summed E-state index contributed by atoms with van der Waals surface area (Å²) in [6.45, 7) is 0.792. The van der Waals surface area contributed by atoms with Gasteiger partial charge in [-0.25, -0.2) is 4.39 Å². The lowest BCUT2D eigenvalue weighted by molar-refractivity contribution is 0.0481. The van der Waals surface area contributed by atoms with Crippen LogP contribution in [0.2, 0.25) is 0 Å². The fourth-order valence-electron chi connectivity index (χ4n) is 2.09. The Kier molecular flexibility index (Phi) is 6.61. The van der Waals surface area contributed by atoms with Crippen molar-refractivity contribution in [3.63, 3.8) is 0 Å². The highest BCUT2D eigenvalue weighted by molar-refractivity contribution is 5.75. The maximum absolute atomic E-state index is 13.8. The lowest BCUT2D eigenvalue weighted by Crippen LogP contribution is -2.43. The molecule has 4 nitrogen and oxygen atoms in total. The Morgan fingerprint density at radius 3 is 2.20 bits per heavy atom. The topological polar surface area (TPSA) is 49.8 Å². The van der Waals surface area contributed by atoms with E-state index in [1.807, 2.05) is 12.1 Å². The van der Waals surface area contributed by atoms with E-state index in [2.05, 4.69) is 9.64 Å². The molecule has 0 amide bonds. The number of aliphatic hydroxyl groups is 1. The first-order valence-electron chi connectivity index (χ1n) is 6.58. The number of aldehydes is 1. The zero-order valence-corrected chi connectivity index (χ0v) is 12.0. The van der Waals surface area contributed by atoms with E-state index < -0.39 is 12.3 Å². The number of methoxy groups -OCH3 is 1. The third-order valence-corrected chi connectivity index (χ3v) is 3.34. The number of anilines is 1. The van der Waals surface area contributed by atoms with Gasteiger partial charge in [-0.1, -0.05) is 0 Å². The van der Waals surface area contributed by atoms with Crippen LogP contribution in [0.3, 0.4) is 0 Å². The number of rotatable bonds is 3. The largest absolute Gasteiger partial charge is 0.393 e.